The summed E-state index contributed by atoms with van der Waals surface area (Å²) in [5, 5.41) is 0. The Hall–Kier alpha value is -1.81. The highest BCUT2D eigenvalue weighted by molar-refractivity contribution is 5.94. The average Bonchev–Trinajstić information content (AvgIpc) is 2.44. The number of hydrogen-bond donors (Lipinski definition) is 0. The molecular weight excluding hydrogens is 266 g/mol. The van der Waals surface area contributed by atoms with E-state index >= 15 is 0 Å². The lowest BCUT2D eigenvalue weighted by molar-refractivity contribution is -0.0586. The third-order valence-electron chi connectivity index (χ3n) is 3.29. The third-order valence-corrected chi connectivity index (χ3v) is 3.29. The summed E-state index contributed by atoms with van der Waals surface area (Å²) < 4.78 is 11.2. The molecule has 2 rings (SSSR count). The first-order valence-corrected chi connectivity index (χ1v) is 7.27. The van der Waals surface area contributed by atoms with Gasteiger partial charge in [-0.15, -0.1) is 0 Å². The Labute approximate surface area is 126 Å². The van der Waals surface area contributed by atoms with E-state index in [1.807, 2.05) is 37.8 Å². The zero-order valence-electron chi connectivity index (χ0n) is 13.0. The van der Waals surface area contributed by atoms with E-state index in [1.54, 1.807) is 12.1 Å². The summed E-state index contributed by atoms with van der Waals surface area (Å²) in [5.74, 6) is 0.793. The van der Waals surface area contributed by atoms with Gasteiger partial charge >= 0.3 is 0 Å². The van der Waals surface area contributed by atoms with Crippen molar-refractivity contribution in [3.05, 3.63) is 42.0 Å². The Bertz CT molecular complexity index is 499. The topological polar surface area (TPSA) is 38.8 Å². The molecule has 1 aromatic rings. The molecule has 1 fully saturated rings. The van der Waals surface area contributed by atoms with Crippen molar-refractivity contribution in [1.29, 1.82) is 0 Å². The number of nitrogens with zero attached hydrogens (tertiary/aromatic N) is 1. The molecule has 0 aromatic heterocycles. The molecule has 114 valence electrons. The van der Waals surface area contributed by atoms with Crippen LogP contribution in [0.15, 0.2) is 36.4 Å². The second-order valence-electron chi connectivity index (χ2n) is 5.74. The molecule has 0 N–H and O–H groups in total. The van der Waals surface area contributed by atoms with Gasteiger partial charge in [-0.2, -0.15) is 0 Å². The van der Waals surface area contributed by atoms with E-state index in [4.69, 9.17) is 9.47 Å². The van der Waals surface area contributed by atoms with Crippen molar-refractivity contribution in [2.75, 3.05) is 19.7 Å². The fourth-order valence-electron chi connectivity index (χ4n) is 2.43. The molecule has 1 heterocycles. The summed E-state index contributed by atoms with van der Waals surface area (Å²) in [5.41, 5.74) is 1.64. The second-order valence-corrected chi connectivity index (χ2v) is 5.74. The van der Waals surface area contributed by atoms with Gasteiger partial charge < -0.3 is 14.4 Å². The molecule has 1 aliphatic rings. The van der Waals surface area contributed by atoms with Gasteiger partial charge in [-0.3, -0.25) is 4.79 Å². The minimum absolute atomic E-state index is 0.0449. The molecule has 1 saturated heterocycles. The SMILES string of the molecule is C=C(C)COc1ccc(C(=O)N2C[C@H](C)O[C@@H](C)C2)cc1. The highest BCUT2D eigenvalue weighted by Gasteiger charge is 2.26. The molecule has 4 heteroatoms. The largest absolute Gasteiger partial charge is 0.489 e. The Kier molecular flexibility index (Phi) is 5.02. The van der Waals surface area contributed by atoms with Gasteiger partial charge in [0, 0.05) is 18.7 Å². The molecule has 2 atom stereocenters. The van der Waals surface area contributed by atoms with Gasteiger partial charge in [0.2, 0.25) is 0 Å². The molecule has 0 spiro atoms. The summed E-state index contributed by atoms with van der Waals surface area (Å²) in [6.45, 7) is 11.5. The molecule has 1 aromatic carbocycles. The highest BCUT2D eigenvalue weighted by Crippen LogP contribution is 2.17. The normalized spacial score (nSPS) is 22.0. The van der Waals surface area contributed by atoms with Crippen LogP contribution in [0, 0.1) is 0 Å². The van der Waals surface area contributed by atoms with Crippen LogP contribution >= 0.6 is 0 Å². The number of morpholine rings is 1. The van der Waals surface area contributed by atoms with Crippen molar-refractivity contribution >= 4 is 5.91 Å². The molecule has 0 aliphatic carbocycles. The third kappa shape index (κ3) is 4.33. The van der Waals surface area contributed by atoms with Crippen LogP contribution in [0.2, 0.25) is 0 Å². The molecule has 1 aliphatic heterocycles. The molecule has 0 saturated carbocycles. The van der Waals surface area contributed by atoms with E-state index in [0.717, 1.165) is 11.3 Å². The van der Waals surface area contributed by atoms with E-state index in [0.29, 0.717) is 25.3 Å². The molecular formula is C17H23NO3. The zero-order chi connectivity index (χ0) is 15.4. The fraction of sp³-hybridized carbons (Fsp3) is 0.471. The summed E-state index contributed by atoms with van der Waals surface area (Å²) in [4.78, 5) is 14.3. The Morgan fingerprint density at radius 2 is 1.86 bits per heavy atom. The zero-order valence-corrected chi connectivity index (χ0v) is 13.0. The fourth-order valence-corrected chi connectivity index (χ4v) is 2.43. The van der Waals surface area contributed by atoms with Crippen LogP contribution in [0.3, 0.4) is 0 Å². The van der Waals surface area contributed by atoms with Gasteiger partial charge in [0.25, 0.3) is 5.91 Å². The van der Waals surface area contributed by atoms with E-state index < -0.39 is 0 Å². The molecule has 4 nitrogen and oxygen atoms in total. The van der Waals surface area contributed by atoms with E-state index in [1.165, 1.54) is 0 Å². The number of amides is 1. The lowest BCUT2D eigenvalue weighted by atomic mass is 10.1. The van der Waals surface area contributed by atoms with E-state index in [2.05, 4.69) is 6.58 Å². The van der Waals surface area contributed by atoms with Crippen LogP contribution in [0.25, 0.3) is 0 Å². The summed E-state index contributed by atoms with van der Waals surface area (Å²) in [6, 6.07) is 7.26. The Balaban J connectivity index is 2.00. The van der Waals surface area contributed by atoms with E-state index in [-0.39, 0.29) is 18.1 Å². The number of hydrogen-bond acceptors (Lipinski definition) is 3. The van der Waals surface area contributed by atoms with Crippen LogP contribution in [0.4, 0.5) is 0 Å². The predicted molar refractivity (Wildman–Crippen MR) is 82.7 cm³/mol. The molecule has 0 unspecified atom stereocenters. The number of rotatable bonds is 4. The van der Waals surface area contributed by atoms with Crippen LogP contribution in [-0.4, -0.2) is 42.7 Å². The average molecular weight is 289 g/mol. The first-order valence-electron chi connectivity index (χ1n) is 7.27. The van der Waals surface area contributed by atoms with Crippen molar-refractivity contribution in [3.8, 4) is 5.75 Å². The molecule has 0 bridgehead atoms. The van der Waals surface area contributed by atoms with Gasteiger partial charge in [0.05, 0.1) is 12.2 Å². The maximum atomic E-state index is 12.5. The van der Waals surface area contributed by atoms with Crippen molar-refractivity contribution in [1.82, 2.24) is 4.90 Å². The second kappa shape index (κ2) is 6.76. The Morgan fingerprint density at radius 1 is 1.29 bits per heavy atom. The summed E-state index contributed by atoms with van der Waals surface area (Å²) in [7, 11) is 0. The lowest BCUT2D eigenvalue weighted by Gasteiger charge is -2.35. The monoisotopic (exact) mass is 289 g/mol. The van der Waals surface area contributed by atoms with Gasteiger partial charge in [0.1, 0.15) is 12.4 Å². The van der Waals surface area contributed by atoms with Crippen molar-refractivity contribution in [2.45, 2.75) is 33.0 Å². The van der Waals surface area contributed by atoms with Crippen molar-refractivity contribution in [2.24, 2.45) is 0 Å². The maximum Gasteiger partial charge on any atom is 0.254 e. The number of carbonyl (C=O) groups excluding carboxylic acids is 1. The van der Waals surface area contributed by atoms with Crippen LogP contribution in [0.5, 0.6) is 5.75 Å². The Morgan fingerprint density at radius 3 is 2.38 bits per heavy atom. The van der Waals surface area contributed by atoms with Gasteiger partial charge in [-0.25, -0.2) is 0 Å². The van der Waals surface area contributed by atoms with Crippen LogP contribution < -0.4 is 4.74 Å². The minimum atomic E-state index is 0.0449. The molecule has 21 heavy (non-hydrogen) atoms. The summed E-state index contributed by atoms with van der Waals surface area (Å²) in [6.07, 6.45) is 0.159. The summed E-state index contributed by atoms with van der Waals surface area (Å²) >= 11 is 0. The molecule has 1 amide bonds. The highest BCUT2D eigenvalue weighted by atomic mass is 16.5. The number of benzene rings is 1. The predicted octanol–water partition coefficient (Wildman–Crippen LogP) is 2.89. The van der Waals surface area contributed by atoms with Gasteiger partial charge in [-0.05, 0) is 50.6 Å². The quantitative estimate of drug-likeness (QED) is 0.800. The van der Waals surface area contributed by atoms with Gasteiger partial charge in [-0.1, -0.05) is 6.58 Å². The number of ether oxygens (including phenoxy) is 2. The van der Waals surface area contributed by atoms with Gasteiger partial charge in [0.15, 0.2) is 0 Å². The van der Waals surface area contributed by atoms with E-state index in [9.17, 15) is 4.79 Å². The van der Waals surface area contributed by atoms with Crippen molar-refractivity contribution < 1.29 is 14.3 Å². The number of carbonyl (C=O) groups is 1. The lowest BCUT2D eigenvalue weighted by Crippen LogP contribution is -2.48. The molecule has 0 radical (unpaired) electrons. The standard InChI is InChI=1S/C17H23NO3/c1-12(2)11-20-16-7-5-15(6-8-16)17(19)18-9-13(3)21-14(4)10-18/h5-8,13-14H,1,9-11H2,2-4H3/t13-,14-/m0/s1. The van der Waals surface area contributed by atoms with Crippen LogP contribution in [-0.2, 0) is 4.74 Å². The maximum absolute atomic E-state index is 12.5. The first-order chi connectivity index (χ1) is 9.95. The van der Waals surface area contributed by atoms with Crippen molar-refractivity contribution in [3.63, 3.8) is 0 Å². The first kappa shape index (κ1) is 15.6. The minimum Gasteiger partial charge on any atom is -0.489 e. The van der Waals surface area contributed by atoms with Crippen LogP contribution in [0.1, 0.15) is 31.1 Å². The smallest absolute Gasteiger partial charge is 0.254 e.